The SMILES string of the molecule is CCC(CC)(CC(=O)O)NC(=O)c1cccc(C2(C)NC(=O)NC2=O)c1. The van der Waals surface area contributed by atoms with Gasteiger partial charge in [-0.05, 0) is 37.5 Å². The van der Waals surface area contributed by atoms with Crippen LogP contribution in [0.3, 0.4) is 0 Å². The minimum Gasteiger partial charge on any atom is -0.481 e. The van der Waals surface area contributed by atoms with Gasteiger partial charge in [0.25, 0.3) is 11.8 Å². The maximum Gasteiger partial charge on any atom is 0.322 e. The Kier molecular flexibility index (Phi) is 5.34. The first kappa shape index (κ1) is 19.4. The normalized spacial score (nSPS) is 19.7. The van der Waals surface area contributed by atoms with Crippen molar-refractivity contribution >= 4 is 23.8 Å². The van der Waals surface area contributed by atoms with Crippen LogP contribution in [0.1, 0.15) is 56.0 Å². The van der Waals surface area contributed by atoms with Crippen molar-refractivity contribution in [3.8, 4) is 0 Å². The predicted octanol–water partition coefficient (Wildman–Crippen LogP) is 1.50. The molecule has 140 valence electrons. The number of carboxylic acid groups (broad SMARTS) is 1. The Hall–Kier alpha value is -2.90. The predicted molar refractivity (Wildman–Crippen MR) is 93.5 cm³/mol. The fourth-order valence-electron chi connectivity index (χ4n) is 3.04. The zero-order chi connectivity index (χ0) is 19.5. The van der Waals surface area contributed by atoms with Gasteiger partial charge in [-0.3, -0.25) is 19.7 Å². The molecule has 4 N–H and O–H groups in total. The summed E-state index contributed by atoms with van der Waals surface area (Å²) < 4.78 is 0. The Balaban J connectivity index is 2.29. The quantitative estimate of drug-likeness (QED) is 0.548. The summed E-state index contributed by atoms with van der Waals surface area (Å²) in [5.41, 5.74) is -1.36. The van der Waals surface area contributed by atoms with Gasteiger partial charge in [-0.25, -0.2) is 4.79 Å². The molecule has 0 saturated carbocycles. The molecule has 8 nitrogen and oxygen atoms in total. The number of rotatable bonds is 7. The van der Waals surface area contributed by atoms with Crippen LogP contribution in [0.2, 0.25) is 0 Å². The smallest absolute Gasteiger partial charge is 0.322 e. The second-order valence-corrected chi connectivity index (χ2v) is 6.63. The molecule has 0 bridgehead atoms. The van der Waals surface area contributed by atoms with Gasteiger partial charge in [-0.1, -0.05) is 26.0 Å². The van der Waals surface area contributed by atoms with Gasteiger partial charge in [0.05, 0.1) is 12.0 Å². The van der Waals surface area contributed by atoms with Crippen LogP contribution < -0.4 is 16.0 Å². The lowest BCUT2D eigenvalue weighted by Gasteiger charge is -2.31. The Morgan fingerprint density at radius 1 is 1.23 bits per heavy atom. The highest BCUT2D eigenvalue weighted by Gasteiger charge is 2.43. The standard InChI is InChI=1S/C18H23N3O5/c1-4-18(5-2,10-13(22)23)20-14(24)11-7-6-8-12(9-11)17(3)15(25)19-16(26)21-17/h6-9H,4-5,10H2,1-3H3,(H,20,24)(H,22,23)(H2,19,21,25,26). The Bertz CT molecular complexity index is 757. The average Bonchev–Trinajstić information content (AvgIpc) is 2.87. The molecule has 26 heavy (non-hydrogen) atoms. The molecule has 0 radical (unpaired) electrons. The first-order chi connectivity index (χ1) is 12.2. The molecule has 1 aromatic rings. The van der Waals surface area contributed by atoms with Crippen molar-refractivity contribution in [1.82, 2.24) is 16.0 Å². The lowest BCUT2D eigenvalue weighted by atomic mass is 9.88. The van der Waals surface area contributed by atoms with Crippen molar-refractivity contribution in [3.05, 3.63) is 35.4 Å². The van der Waals surface area contributed by atoms with E-state index in [1.54, 1.807) is 25.1 Å². The zero-order valence-corrected chi connectivity index (χ0v) is 15.0. The Morgan fingerprint density at radius 2 is 1.88 bits per heavy atom. The molecule has 1 atom stereocenters. The first-order valence-electron chi connectivity index (χ1n) is 8.44. The number of amides is 4. The van der Waals surface area contributed by atoms with Crippen LogP contribution in [-0.2, 0) is 15.1 Å². The van der Waals surface area contributed by atoms with Crippen molar-refractivity contribution in [3.63, 3.8) is 0 Å². The highest BCUT2D eigenvalue weighted by molar-refractivity contribution is 6.07. The van der Waals surface area contributed by atoms with Crippen molar-refractivity contribution < 1.29 is 24.3 Å². The Labute approximate surface area is 151 Å². The number of hydrogen-bond donors (Lipinski definition) is 4. The highest BCUT2D eigenvalue weighted by Crippen LogP contribution is 2.26. The maximum absolute atomic E-state index is 12.7. The van der Waals surface area contributed by atoms with E-state index in [1.807, 2.05) is 13.8 Å². The van der Waals surface area contributed by atoms with Gasteiger partial charge >= 0.3 is 12.0 Å². The molecule has 1 saturated heterocycles. The summed E-state index contributed by atoms with van der Waals surface area (Å²) in [7, 11) is 0. The second kappa shape index (κ2) is 7.15. The van der Waals surface area contributed by atoms with Gasteiger partial charge in [-0.2, -0.15) is 0 Å². The van der Waals surface area contributed by atoms with E-state index in [0.717, 1.165) is 0 Å². The number of nitrogens with one attached hydrogen (secondary N) is 3. The molecule has 0 spiro atoms. The van der Waals surface area contributed by atoms with Gasteiger partial charge in [0.1, 0.15) is 5.54 Å². The van der Waals surface area contributed by atoms with E-state index in [1.165, 1.54) is 6.07 Å². The summed E-state index contributed by atoms with van der Waals surface area (Å²) >= 11 is 0. The van der Waals surface area contributed by atoms with Gasteiger partial charge in [0.15, 0.2) is 0 Å². The average molecular weight is 361 g/mol. The zero-order valence-electron chi connectivity index (χ0n) is 15.0. The van der Waals surface area contributed by atoms with E-state index in [0.29, 0.717) is 18.4 Å². The number of imide groups is 1. The van der Waals surface area contributed by atoms with Crippen LogP contribution in [0.5, 0.6) is 0 Å². The molecule has 4 amide bonds. The van der Waals surface area contributed by atoms with Gasteiger partial charge in [-0.15, -0.1) is 0 Å². The number of hydrogen-bond acceptors (Lipinski definition) is 4. The van der Waals surface area contributed by atoms with E-state index in [-0.39, 0.29) is 12.0 Å². The Morgan fingerprint density at radius 3 is 2.38 bits per heavy atom. The third-order valence-corrected chi connectivity index (χ3v) is 4.97. The molecule has 1 aliphatic rings. The number of benzene rings is 1. The van der Waals surface area contributed by atoms with Crippen LogP contribution in [0.25, 0.3) is 0 Å². The number of carbonyl (C=O) groups excluding carboxylic acids is 3. The van der Waals surface area contributed by atoms with Crippen LogP contribution >= 0.6 is 0 Å². The van der Waals surface area contributed by atoms with E-state index >= 15 is 0 Å². The second-order valence-electron chi connectivity index (χ2n) is 6.63. The summed E-state index contributed by atoms with van der Waals surface area (Å²) in [5.74, 6) is -1.91. The molecule has 1 heterocycles. The van der Waals surface area contributed by atoms with E-state index in [9.17, 15) is 19.2 Å². The lowest BCUT2D eigenvalue weighted by molar-refractivity contribution is -0.138. The van der Waals surface area contributed by atoms with Crippen LogP contribution in [0, 0.1) is 0 Å². The van der Waals surface area contributed by atoms with Crippen molar-refractivity contribution in [1.29, 1.82) is 0 Å². The third kappa shape index (κ3) is 3.68. The topological polar surface area (TPSA) is 125 Å². The highest BCUT2D eigenvalue weighted by atomic mass is 16.4. The third-order valence-electron chi connectivity index (χ3n) is 4.97. The molecule has 1 fully saturated rings. The lowest BCUT2D eigenvalue weighted by Crippen LogP contribution is -2.49. The monoisotopic (exact) mass is 361 g/mol. The van der Waals surface area contributed by atoms with Crippen LogP contribution in [-0.4, -0.2) is 34.5 Å². The molecule has 1 aliphatic heterocycles. The minimum atomic E-state index is -1.26. The van der Waals surface area contributed by atoms with Gasteiger partial charge in [0, 0.05) is 5.56 Å². The fraction of sp³-hybridized carbons (Fsp3) is 0.444. The number of urea groups is 1. The van der Waals surface area contributed by atoms with Crippen molar-refractivity contribution in [2.45, 2.75) is 51.1 Å². The van der Waals surface area contributed by atoms with Gasteiger partial charge in [0.2, 0.25) is 0 Å². The van der Waals surface area contributed by atoms with E-state index < -0.39 is 34.9 Å². The molecular formula is C18H23N3O5. The maximum atomic E-state index is 12.7. The number of carboxylic acids is 1. The molecule has 0 aromatic heterocycles. The summed E-state index contributed by atoms with van der Waals surface area (Å²) in [4.78, 5) is 47.4. The summed E-state index contributed by atoms with van der Waals surface area (Å²) in [6.45, 7) is 5.20. The number of carbonyl (C=O) groups is 4. The first-order valence-corrected chi connectivity index (χ1v) is 8.44. The minimum absolute atomic E-state index is 0.179. The van der Waals surface area contributed by atoms with Crippen molar-refractivity contribution in [2.75, 3.05) is 0 Å². The molecular weight excluding hydrogens is 338 g/mol. The number of aliphatic carboxylic acids is 1. The molecule has 1 unspecified atom stereocenters. The largest absolute Gasteiger partial charge is 0.481 e. The fourth-order valence-corrected chi connectivity index (χ4v) is 3.04. The van der Waals surface area contributed by atoms with Gasteiger partial charge < -0.3 is 15.7 Å². The molecule has 2 rings (SSSR count). The molecule has 1 aromatic carbocycles. The van der Waals surface area contributed by atoms with E-state index in [4.69, 9.17) is 5.11 Å². The summed E-state index contributed by atoms with van der Waals surface area (Å²) in [6, 6.07) is 5.77. The summed E-state index contributed by atoms with van der Waals surface area (Å²) in [6.07, 6.45) is 0.760. The summed E-state index contributed by atoms with van der Waals surface area (Å²) in [5, 5.41) is 16.7. The van der Waals surface area contributed by atoms with E-state index in [2.05, 4.69) is 16.0 Å². The van der Waals surface area contributed by atoms with Crippen LogP contribution in [0.4, 0.5) is 4.79 Å². The van der Waals surface area contributed by atoms with Crippen LogP contribution in [0.15, 0.2) is 24.3 Å². The van der Waals surface area contributed by atoms with Crippen molar-refractivity contribution in [2.24, 2.45) is 0 Å². The molecule has 0 aliphatic carbocycles. The molecule has 8 heteroatoms.